The van der Waals surface area contributed by atoms with Crippen molar-refractivity contribution >= 4 is 17.5 Å². The SMILES string of the molecule is COc1cc(C=C2CCCCC2=O)cc(OC)c1N. The van der Waals surface area contributed by atoms with Gasteiger partial charge < -0.3 is 15.2 Å². The molecule has 0 unspecified atom stereocenters. The van der Waals surface area contributed by atoms with Crippen molar-refractivity contribution in [1.82, 2.24) is 0 Å². The fraction of sp³-hybridized carbons (Fsp3) is 0.400. The maximum atomic E-state index is 11.8. The first-order valence-corrected chi connectivity index (χ1v) is 6.41. The van der Waals surface area contributed by atoms with E-state index in [4.69, 9.17) is 15.2 Å². The number of methoxy groups -OCH3 is 2. The Labute approximate surface area is 113 Å². The average Bonchev–Trinajstić information content (AvgIpc) is 2.43. The number of carbonyl (C=O) groups excluding carboxylic acids is 1. The van der Waals surface area contributed by atoms with Gasteiger partial charge in [-0.25, -0.2) is 0 Å². The lowest BCUT2D eigenvalue weighted by Gasteiger charge is -2.14. The number of ether oxygens (including phenoxy) is 2. The van der Waals surface area contributed by atoms with E-state index in [9.17, 15) is 4.79 Å². The number of nitrogen functional groups attached to an aromatic ring is 1. The summed E-state index contributed by atoms with van der Waals surface area (Å²) in [6, 6.07) is 3.65. The Hall–Kier alpha value is -1.97. The van der Waals surface area contributed by atoms with Gasteiger partial charge in [0.05, 0.1) is 14.2 Å². The van der Waals surface area contributed by atoms with Crippen LogP contribution in [0.5, 0.6) is 11.5 Å². The zero-order valence-corrected chi connectivity index (χ0v) is 11.4. The molecule has 2 rings (SSSR count). The van der Waals surface area contributed by atoms with Crippen LogP contribution in [0.4, 0.5) is 5.69 Å². The van der Waals surface area contributed by atoms with E-state index in [1.807, 2.05) is 18.2 Å². The number of hydrogen-bond donors (Lipinski definition) is 1. The van der Waals surface area contributed by atoms with Crippen molar-refractivity contribution in [2.24, 2.45) is 0 Å². The number of anilines is 1. The van der Waals surface area contributed by atoms with Gasteiger partial charge in [0.15, 0.2) is 5.78 Å². The third-order valence-electron chi connectivity index (χ3n) is 3.37. The highest BCUT2D eigenvalue weighted by atomic mass is 16.5. The monoisotopic (exact) mass is 261 g/mol. The van der Waals surface area contributed by atoms with Gasteiger partial charge in [-0.15, -0.1) is 0 Å². The van der Waals surface area contributed by atoms with Crippen molar-refractivity contribution in [3.05, 3.63) is 23.3 Å². The molecule has 1 aliphatic carbocycles. The lowest BCUT2D eigenvalue weighted by Crippen LogP contribution is -2.08. The fourth-order valence-corrected chi connectivity index (χ4v) is 2.30. The van der Waals surface area contributed by atoms with E-state index in [-0.39, 0.29) is 5.78 Å². The van der Waals surface area contributed by atoms with Crippen LogP contribution in [0.3, 0.4) is 0 Å². The van der Waals surface area contributed by atoms with Crippen molar-refractivity contribution in [1.29, 1.82) is 0 Å². The second-order valence-corrected chi connectivity index (χ2v) is 4.64. The van der Waals surface area contributed by atoms with E-state index >= 15 is 0 Å². The molecular weight excluding hydrogens is 242 g/mol. The van der Waals surface area contributed by atoms with Crippen LogP contribution < -0.4 is 15.2 Å². The number of ketones is 1. The quantitative estimate of drug-likeness (QED) is 0.671. The van der Waals surface area contributed by atoms with Crippen LogP contribution in [-0.4, -0.2) is 20.0 Å². The van der Waals surface area contributed by atoms with Gasteiger partial charge in [-0.1, -0.05) is 0 Å². The lowest BCUT2D eigenvalue weighted by molar-refractivity contribution is -0.116. The van der Waals surface area contributed by atoms with Gasteiger partial charge in [-0.05, 0) is 48.6 Å². The molecule has 4 nitrogen and oxygen atoms in total. The molecule has 1 aromatic rings. The number of nitrogens with two attached hydrogens (primary N) is 1. The smallest absolute Gasteiger partial charge is 0.158 e. The maximum absolute atomic E-state index is 11.8. The molecule has 4 heteroatoms. The summed E-state index contributed by atoms with van der Waals surface area (Å²) in [5.41, 5.74) is 8.13. The second-order valence-electron chi connectivity index (χ2n) is 4.64. The third-order valence-corrected chi connectivity index (χ3v) is 3.37. The van der Waals surface area contributed by atoms with Crippen molar-refractivity contribution in [2.75, 3.05) is 20.0 Å². The zero-order valence-electron chi connectivity index (χ0n) is 11.4. The summed E-state index contributed by atoms with van der Waals surface area (Å²) < 4.78 is 10.4. The van der Waals surface area contributed by atoms with Crippen LogP contribution in [-0.2, 0) is 4.79 Å². The number of rotatable bonds is 3. The van der Waals surface area contributed by atoms with Gasteiger partial charge in [0.2, 0.25) is 0 Å². The lowest BCUT2D eigenvalue weighted by atomic mass is 9.92. The molecule has 0 amide bonds. The minimum Gasteiger partial charge on any atom is -0.494 e. The Kier molecular flexibility index (Phi) is 4.10. The summed E-state index contributed by atoms with van der Waals surface area (Å²) in [6.07, 6.45) is 5.46. The maximum Gasteiger partial charge on any atom is 0.158 e. The zero-order chi connectivity index (χ0) is 13.8. The Bertz CT molecular complexity index is 495. The first kappa shape index (κ1) is 13.5. The van der Waals surface area contributed by atoms with Crippen LogP contribution in [0.2, 0.25) is 0 Å². The van der Waals surface area contributed by atoms with Crippen molar-refractivity contribution < 1.29 is 14.3 Å². The standard InChI is InChI=1S/C15H19NO3/c1-18-13-8-10(9-14(19-2)15(13)16)7-11-5-3-4-6-12(11)17/h7-9H,3-6,16H2,1-2H3. The van der Waals surface area contributed by atoms with Gasteiger partial charge in [0, 0.05) is 6.42 Å². The molecular formula is C15H19NO3. The first-order chi connectivity index (χ1) is 9.15. The number of allylic oxidation sites excluding steroid dienone is 1. The molecule has 0 aliphatic heterocycles. The molecule has 1 aromatic carbocycles. The Morgan fingerprint density at radius 2 is 1.68 bits per heavy atom. The summed E-state index contributed by atoms with van der Waals surface area (Å²) in [5.74, 6) is 1.37. The predicted octanol–water partition coefficient (Wildman–Crippen LogP) is 2.81. The summed E-state index contributed by atoms with van der Waals surface area (Å²) in [4.78, 5) is 11.8. The fourth-order valence-electron chi connectivity index (χ4n) is 2.30. The van der Waals surface area contributed by atoms with Gasteiger partial charge in [0.25, 0.3) is 0 Å². The van der Waals surface area contributed by atoms with Crippen LogP contribution in [0.25, 0.3) is 6.08 Å². The van der Waals surface area contributed by atoms with Gasteiger partial charge in [-0.2, -0.15) is 0 Å². The van der Waals surface area contributed by atoms with Crippen molar-refractivity contribution in [3.8, 4) is 11.5 Å². The minimum absolute atomic E-state index is 0.237. The molecule has 0 saturated heterocycles. The van der Waals surface area contributed by atoms with Crippen molar-refractivity contribution in [3.63, 3.8) is 0 Å². The molecule has 0 bridgehead atoms. The van der Waals surface area contributed by atoms with E-state index in [1.54, 1.807) is 14.2 Å². The van der Waals surface area contributed by atoms with E-state index in [1.165, 1.54) is 0 Å². The highest BCUT2D eigenvalue weighted by molar-refractivity contribution is 6.00. The number of carbonyl (C=O) groups is 1. The molecule has 2 N–H and O–H groups in total. The van der Waals surface area contributed by atoms with Crippen molar-refractivity contribution in [2.45, 2.75) is 25.7 Å². The highest BCUT2D eigenvalue weighted by Gasteiger charge is 2.15. The molecule has 0 aromatic heterocycles. The molecule has 0 radical (unpaired) electrons. The molecule has 0 heterocycles. The summed E-state index contributed by atoms with van der Waals surface area (Å²) >= 11 is 0. The number of hydrogen-bond acceptors (Lipinski definition) is 4. The summed E-state index contributed by atoms with van der Waals surface area (Å²) in [6.45, 7) is 0. The van der Waals surface area contributed by atoms with E-state index in [0.717, 1.165) is 30.4 Å². The molecule has 102 valence electrons. The van der Waals surface area contributed by atoms with E-state index < -0.39 is 0 Å². The van der Waals surface area contributed by atoms with Gasteiger partial charge in [-0.3, -0.25) is 4.79 Å². The predicted molar refractivity (Wildman–Crippen MR) is 75.4 cm³/mol. The van der Waals surface area contributed by atoms with Gasteiger partial charge in [0.1, 0.15) is 17.2 Å². The molecule has 1 aliphatic rings. The van der Waals surface area contributed by atoms with Crippen LogP contribution in [0.1, 0.15) is 31.2 Å². The molecule has 0 atom stereocenters. The van der Waals surface area contributed by atoms with E-state index in [0.29, 0.717) is 23.6 Å². The average molecular weight is 261 g/mol. The first-order valence-electron chi connectivity index (χ1n) is 6.41. The Morgan fingerprint density at radius 3 is 2.21 bits per heavy atom. The van der Waals surface area contributed by atoms with Gasteiger partial charge >= 0.3 is 0 Å². The molecule has 1 saturated carbocycles. The molecule has 0 spiro atoms. The Balaban J connectivity index is 2.39. The molecule has 19 heavy (non-hydrogen) atoms. The normalized spacial score (nSPS) is 17.6. The van der Waals surface area contributed by atoms with Crippen LogP contribution in [0, 0.1) is 0 Å². The van der Waals surface area contributed by atoms with Crippen LogP contribution >= 0.6 is 0 Å². The van der Waals surface area contributed by atoms with Crippen LogP contribution in [0.15, 0.2) is 17.7 Å². The highest BCUT2D eigenvalue weighted by Crippen LogP contribution is 2.34. The largest absolute Gasteiger partial charge is 0.494 e. The summed E-state index contributed by atoms with van der Waals surface area (Å²) in [5, 5.41) is 0. The van der Waals surface area contributed by atoms with E-state index in [2.05, 4.69) is 0 Å². The third kappa shape index (κ3) is 2.89. The summed E-state index contributed by atoms with van der Waals surface area (Å²) in [7, 11) is 3.13. The molecule has 1 fully saturated rings. The topological polar surface area (TPSA) is 61.5 Å². The second kappa shape index (κ2) is 5.78. The Morgan fingerprint density at radius 1 is 1.11 bits per heavy atom. The minimum atomic E-state index is 0.237. The number of Topliss-reactive ketones (excluding diaryl/α,β-unsaturated/α-hetero) is 1. The number of benzene rings is 1.